The molecule has 4 nitrogen and oxygen atoms in total. The van der Waals surface area contributed by atoms with Gasteiger partial charge in [0.05, 0.1) is 0 Å². The number of hydrogen-bond acceptors (Lipinski definition) is 2. The molecule has 1 aromatic rings. The first-order valence-electron chi connectivity index (χ1n) is 5.58. The largest absolute Gasteiger partial charge is 0.480 e. The van der Waals surface area contributed by atoms with Crippen molar-refractivity contribution in [1.29, 1.82) is 0 Å². The Morgan fingerprint density at radius 2 is 1.82 bits per heavy atom. The van der Waals surface area contributed by atoms with Gasteiger partial charge in [-0.3, -0.25) is 9.59 Å². The van der Waals surface area contributed by atoms with Crippen LogP contribution in [0.15, 0.2) is 30.3 Å². The smallest absolute Gasteiger partial charge is 0.325 e. The quantitative estimate of drug-likeness (QED) is 0.811. The summed E-state index contributed by atoms with van der Waals surface area (Å²) in [5.41, 5.74) is 1.07. The van der Waals surface area contributed by atoms with Crippen molar-refractivity contribution in [2.75, 3.05) is 0 Å². The van der Waals surface area contributed by atoms with E-state index in [1.54, 1.807) is 6.92 Å². The molecule has 0 saturated heterocycles. The Kier molecular flexibility index (Phi) is 4.69. The second-order valence-electron chi connectivity index (χ2n) is 4.16. The maximum atomic E-state index is 11.7. The molecule has 0 radical (unpaired) electrons. The lowest BCUT2D eigenvalue weighted by molar-refractivity contribution is -0.141. The van der Waals surface area contributed by atoms with E-state index in [4.69, 9.17) is 5.11 Å². The van der Waals surface area contributed by atoms with E-state index in [0.717, 1.165) is 5.56 Å². The van der Waals surface area contributed by atoms with Crippen molar-refractivity contribution in [1.82, 2.24) is 5.32 Å². The molecule has 17 heavy (non-hydrogen) atoms. The van der Waals surface area contributed by atoms with Crippen LogP contribution in [0.4, 0.5) is 0 Å². The number of carboxylic acid groups (broad SMARTS) is 1. The highest BCUT2D eigenvalue weighted by Crippen LogP contribution is 2.08. The maximum Gasteiger partial charge on any atom is 0.325 e. The topological polar surface area (TPSA) is 66.4 Å². The van der Waals surface area contributed by atoms with E-state index < -0.39 is 12.0 Å². The van der Waals surface area contributed by atoms with Crippen LogP contribution in [0.2, 0.25) is 0 Å². The SMILES string of the molecule is C[C@H](NC(=O)[C@@H](C)Cc1ccccc1)C(=O)O. The van der Waals surface area contributed by atoms with Crippen LogP contribution in [0.3, 0.4) is 0 Å². The highest BCUT2D eigenvalue weighted by atomic mass is 16.4. The fourth-order valence-electron chi connectivity index (χ4n) is 1.48. The Bertz CT molecular complexity index is 389. The van der Waals surface area contributed by atoms with Gasteiger partial charge >= 0.3 is 5.97 Å². The van der Waals surface area contributed by atoms with Crippen molar-refractivity contribution in [2.24, 2.45) is 5.92 Å². The zero-order valence-electron chi connectivity index (χ0n) is 10.0. The predicted molar refractivity (Wildman–Crippen MR) is 64.6 cm³/mol. The van der Waals surface area contributed by atoms with Crippen LogP contribution in [0, 0.1) is 5.92 Å². The normalized spacial score (nSPS) is 13.8. The molecule has 0 aliphatic heterocycles. The average molecular weight is 235 g/mol. The molecule has 0 unspecified atom stereocenters. The molecule has 0 aliphatic rings. The molecule has 0 saturated carbocycles. The summed E-state index contributed by atoms with van der Waals surface area (Å²) < 4.78 is 0. The van der Waals surface area contributed by atoms with Gasteiger partial charge in [0.1, 0.15) is 6.04 Å². The molecule has 1 aromatic carbocycles. The monoisotopic (exact) mass is 235 g/mol. The number of amides is 1. The Balaban J connectivity index is 2.50. The van der Waals surface area contributed by atoms with Crippen LogP contribution in [-0.2, 0) is 16.0 Å². The number of carbonyl (C=O) groups excluding carboxylic acids is 1. The van der Waals surface area contributed by atoms with E-state index in [1.165, 1.54) is 6.92 Å². The van der Waals surface area contributed by atoms with Crippen molar-refractivity contribution in [3.8, 4) is 0 Å². The number of hydrogen-bond donors (Lipinski definition) is 2. The molecular weight excluding hydrogens is 218 g/mol. The van der Waals surface area contributed by atoms with Crippen molar-refractivity contribution < 1.29 is 14.7 Å². The Labute approximate surface area is 101 Å². The average Bonchev–Trinajstić information content (AvgIpc) is 2.29. The van der Waals surface area contributed by atoms with Crippen LogP contribution in [0.5, 0.6) is 0 Å². The first kappa shape index (κ1) is 13.2. The lowest BCUT2D eigenvalue weighted by Crippen LogP contribution is -2.41. The minimum Gasteiger partial charge on any atom is -0.480 e. The van der Waals surface area contributed by atoms with E-state index in [-0.39, 0.29) is 11.8 Å². The van der Waals surface area contributed by atoms with E-state index in [1.807, 2.05) is 30.3 Å². The third-order valence-corrected chi connectivity index (χ3v) is 2.56. The molecule has 0 spiro atoms. The molecule has 0 bridgehead atoms. The summed E-state index contributed by atoms with van der Waals surface area (Å²) in [6.45, 7) is 3.24. The molecule has 0 heterocycles. The number of aliphatic carboxylic acids is 1. The predicted octanol–water partition coefficient (Wildman–Crippen LogP) is 1.45. The number of rotatable bonds is 5. The summed E-state index contributed by atoms with van der Waals surface area (Å²) in [5.74, 6) is -1.49. The number of carbonyl (C=O) groups is 2. The van der Waals surface area contributed by atoms with Gasteiger partial charge in [0, 0.05) is 5.92 Å². The van der Waals surface area contributed by atoms with Gasteiger partial charge in [-0.15, -0.1) is 0 Å². The van der Waals surface area contributed by atoms with Gasteiger partial charge in [0.25, 0.3) is 0 Å². The van der Waals surface area contributed by atoms with E-state index >= 15 is 0 Å². The fraction of sp³-hybridized carbons (Fsp3) is 0.385. The van der Waals surface area contributed by atoms with Gasteiger partial charge in [0.15, 0.2) is 0 Å². The summed E-state index contributed by atoms with van der Waals surface area (Å²) in [6, 6.07) is 8.80. The van der Waals surface area contributed by atoms with Crippen molar-refractivity contribution in [3.05, 3.63) is 35.9 Å². The molecular formula is C13H17NO3. The van der Waals surface area contributed by atoms with Crippen LogP contribution in [0.1, 0.15) is 19.4 Å². The fourth-order valence-corrected chi connectivity index (χ4v) is 1.48. The molecule has 0 aliphatic carbocycles. The molecule has 1 amide bonds. The first-order chi connectivity index (χ1) is 8.00. The van der Waals surface area contributed by atoms with Crippen molar-refractivity contribution in [3.63, 3.8) is 0 Å². The summed E-state index contributed by atoms with van der Waals surface area (Å²) in [7, 11) is 0. The summed E-state index contributed by atoms with van der Waals surface area (Å²) in [5, 5.41) is 11.1. The highest BCUT2D eigenvalue weighted by molar-refractivity contribution is 5.84. The lowest BCUT2D eigenvalue weighted by atomic mass is 10.0. The molecule has 2 atom stereocenters. The zero-order chi connectivity index (χ0) is 12.8. The Hall–Kier alpha value is -1.84. The molecule has 1 rings (SSSR count). The van der Waals surface area contributed by atoms with E-state index in [0.29, 0.717) is 6.42 Å². The molecule has 2 N–H and O–H groups in total. The first-order valence-corrected chi connectivity index (χ1v) is 5.58. The third kappa shape index (κ3) is 4.26. The van der Waals surface area contributed by atoms with E-state index in [2.05, 4.69) is 5.32 Å². The molecule has 4 heteroatoms. The van der Waals surface area contributed by atoms with Gasteiger partial charge < -0.3 is 10.4 Å². The number of nitrogens with one attached hydrogen (secondary N) is 1. The summed E-state index contributed by atoms with van der Waals surface area (Å²) in [4.78, 5) is 22.3. The van der Waals surface area contributed by atoms with Gasteiger partial charge in [-0.05, 0) is 18.9 Å². The van der Waals surface area contributed by atoms with Crippen LogP contribution in [-0.4, -0.2) is 23.0 Å². The maximum absolute atomic E-state index is 11.7. The standard InChI is InChI=1S/C13H17NO3/c1-9(8-11-6-4-3-5-7-11)12(15)14-10(2)13(16)17/h3-7,9-10H,8H2,1-2H3,(H,14,15)(H,16,17)/t9-,10-/m0/s1. The second kappa shape index (κ2) is 6.03. The summed E-state index contributed by atoms with van der Waals surface area (Å²) >= 11 is 0. The van der Waals surface area contributed by atoms with Crippen LogP contribution < -0.4 is 5.32 Å². The third-order valence-electron chi connectivity index (χ3n) is 2.56. The summed E-state index contributed by atoms with van der Waals surface area (Å²) in [6.07, 6.45) is 0.610. The van der Waals surface area contributed by atoms with Crippen LogP contribution in [0.25, 0.3) is 0 Å². The second-order valence-corrected chi connectivity index (χ2v) is 4.16. The van der Waals surface area contributed by atoms with Gasteiger partial charge in [-0.25, -0.2) is 0 Å². The van der Waals surface area contributed by atoms with E-state index in [9.17, 15) is 9.59 Å². The van der Waals surface area contributed by atoms with Crippen molar-refractivity contribution >= 4 is 11.9 Å². The van der Waals surface area contributed by atoms with Crippen molar-refractivity contribution in [2.45, 2.75) is 26.3 Å². The molecule has 0 fully saturated rings. The molecule has 0 aromatic heterocycles. The highest BCUT2D eigenvalue weighted by Gasteiger charge is 2.18. The lowest BCUT2D eigenvalue weighted by Gasteiger charge is -2.14. The Morgan fingerprint density at radius 1 is 1.24 bits per heavy atom. The number of benzene rings is 1. The van der Waals surface area contributed by atoms with Gasteiger partial charge in [-0.2, -0.15) is 0 Å². The van der Waals surface area contributed by atoms with Gasteiger partial charge in [-0.1, -0.05) is 37.3 Å². The van der Waals surface area contributed by atoms with Crippen LogP contribution >= 0.6 is 0 Å². The zero-order valence-corrected chi connectivity index (χ0v) is 10.0. The minimum absolute atomic E-state index is 0.233. The van der Waals surface area contributed by atoms with Gasteiger partial charge in [0.2, 0.25) is 5.91 Å². The molecule has 92 valence electrons. The number of carboxylic acids is 1. The Morgan fingerprint density at radius 3 is 2.35 bits per heavy atom. The minimum atomic E-state index is -1.02.